The van der Waals surface area contributed by atoms with E-state index in [-0.39, 0.29) is 48.5 Å². The van der Waals surface area contributed by atoms with Crippen molar-refractivity contribution >= 4 is 17.8 Å². The van der Waals surface area contributed by atoms with Crippen LogP contribution in [0.4, 0.5) is 0 Å². The fourth-order valence-electron chi connectivity index (χ4n) is 5.57. The molecule has 1 saturated heterocycles. The molecule has 2 amide bonds. The number of para-hydroxylation sites is 1. The summed E-state index contributed by atoms with van der Waals surface area (Å²) in [7, 11) is 0. The van der Waals surface area contributed by atoms with Crippen LogP contribution in [-0.2, 0) is 14.4 Å². The van der Waals surface area contributed by atoms with E-state index in [2.05, 4.69) is 12.2 Å². The minimum Gasteiger partial charge on any atom is -0.426 e. The van der Waals surface area contributed by atoms with Gasteiger partial charge in [-0.15, -0.1) is 0 Å². The topological polar surface area (TPSA) is 63.7 Å². The van der Waals surface area contributed by atoms with Crippen molar-refractivity contribution in [3.05, 3.63) is 41.5 Å². The predicted octanol–water partition coefficient (Wildman–Crippen LogP) is 2.65. The number of benzene rings is 1. The number of allylic oxidation sites excluding steroid dienone is 2. The van der Waals surface area contributed by atoms with Gasteiger partial charge in [0.05, 0.1) is 18.3 Å². The largest absolute Gasteiger partial charge is 0.426 e. The number of hydrogen-bond donors (Lipinski definition) is 0. The molecule has 3 fully saturated rings. The first-order chi connectivity index (χ1) is 13.0. The third-order valence-electron chi connectivity index (χ3n) is 6.92. The maximum Gasteiger partial charge on any atom is 0.313 e. The molecule has 6 atom stereocenters. The van der Waals surface area contributed by atoms with Gasteiger partial charge in [0.1, 0.15) is 5.75 Å². The van der Waals surface area contributed by atoms with Crippen molar-refractivity contribution in [2.24, 2.45) is 35.5 Å². The lowest BCUT2D eigenvalue weighted by molar-refractivity contribution is -0.141. The zero-order chi connectivity index (χ0) is 18.9. The highest BCUT2D eigenvalue weighted by Crippen LogP contribution is 2.65. The van der Waals surface area contributed by atoms with Crippen LogP contribution in [0, 0.1) is 49.4 Å². The Hall–Kier alpha value is -2.43. The summed E-state index contributed by atoms with van der Waals surface area (Å²) in [4.78, 5) is 39.4. The predicted molar refractivity (Wildman–Crippen MR) is 97.6 cm³/mol. The van der Waals surface area contributed by atoms with Gasteiger partial charge in [0.2, 0.25) is 11.8 Å². The highest BCUT2D eigenvalue weighted by molar-refractivity contribution is 6.06. The molecule has 1 aromatic rings. The molecule has 2 saturated carbocycles. The third-order valence-corrected chi connectivity index (χ3v) is 6.92. The highest BCUT2D eigenvalue weighted by Gasteiger charge is 2.66. The zero-order valence-corrected chi connectivity index (χ0v) is 15.6. The number of nitrogens with zero attached hydrogens (tertiary/aromatic N) is 1. The van der Waals surface area contributed by atoms with E-state index >= 15 is 0 Å². The van der Waals surface area contributed by atoms with Crippen molar-refractivity contribution < 1.29 is 19.1 Å². The van der Waals surface area contributed by atoms with Gasteiger partial charge < -0.3 is 4.74 Å². The van der Waals surface area contributed by atoms with Crippen molar-refractivity contribution in [2.45, 2.75) is 26.7 Å². The number of likely N-dealkylation sites (tertiary alicyclic amines) is 1. The van der Waals surface area contributed by atoms with Gasteiger partial charge in [-0.25, -0.2) is 0 Å². The maximum atomic E-state index is 12.9. The molecular weight excluding hydrogens is 342 g/mol. The van der Waals surface area contributed by atoms with E-state index in [1.165, 1.54) is 4.90 Å². The van der Waals surface area contributed by atoms with Crippen LogP contribution in [0.15, 0.2) is 30.4 Å². The Labute approximate surface area is 158 Å². The highest BCUT2D eigenvalue weighted by atomic mass is 16.5. The summed E-state index contributed by atoms with van der Waals surface area (Å²) in [5.74, 6) is 1.19. The average Bonchev–Trinajstić information content (AvgIpc) is 3.42. The molecule has 5 nitrogen and oxygen atoms in total. The number of carbonyl (C=O) groups is 3. The van der Waals surface area contributed by atoms with Gasteiger partial charge in [0.25, 0.3) is 0 Å². The quantitative estimate of drug-likeness (QED) is 0.356. The molecule has 0 radical (unpaired) electrons. The van der Waals surface area contributed by atoms with Gasteiger partial charge in [-0.2, -0.15) is 0 Å². The van der Waals surface area contributed by atoms with E-state index in [9.17, 15) is 14.4 Å². The van der Waals surface area contributed by atoms with Crippen molar-refractivity contribution in [3.63, 3.8) is 0 Å². The Kier molecular flexibility index (Phi) is 3.58. The Morgan fingerprint density at radius 3 is 2.15 bits per heavy atom. The molecule has 1 heterocycles. The lowest BCUT2D eigenvalue weighted by atomic mass is 9.63. The summed E-state index contributed by atoms with van der Waals surface area (Å²) >= 11 is 0. The molecule has 6 rings (SSSR count). The molecule has 5 aliphatic rings. The first kappa shape index (κ1) is 16.7. The molecule has 0 spiro atoms. The molecule has 2 bridgehead atoms. The minimum absolute atomic E-state index is 0.0281. The first-order valence-corrected chi connectivity index (χ1v) is 9.78. The van der Waals surface area contributed by atoms with Crippen molar-refractivity contribution in [3.8, 4) is 5.75 Å². The number of esters is 1. The second-order valence-corrected chi connectivity index (χ2v) is 8.43. The number of imide groups is 1. The lowest BCUT2D eigenvalue weighted by Crippen LogP contribution is -2.40. The van der Waals surface area contributed by atoms with E-state index in [1.54, 1.807) is 0 Å². The van der Waals surface area contributed by atoms with Gasteiger partial charge in [0.15, 0.2) is 0 Å². The van der Waals surface area contributed by atoms with Crippen LogP contribution < -0.4 is 4.74 Å². The fraction of sp³-hybridized carbons (Fsp3) is 0.500. The third kappa shape index (κ3) is 2.40. The molecule has 0 aromatic heterocycles. The molecule has 1 aliphatic heterocycles. The van der Waals surface area contributed by atoms with Gasteiger partial charge in [-0.05, 0) is 55.1 Å². The lowest BCUT2D eigenvalue weighted by Gasteiger charge is -2.37. The summed E-state index contributed by atoms with van der Waals surface area (Å²) in [6.07, 6.45) is 5.49. The molecule has 140 valence electrons. The Bertz CT molecular complexity index is 832. The van der Waals surface area contributed by atoms with Gasteiger partial charge in [-0.3, -0.25) is 19.3 Å². The van der Waals surface area contributed by atoms with Crippen LogP contribution in [0.25, 0.3) is 0 Å². The minimum atomic E-state index is -0.410. The van der Waals surface area contributed by atoms with Crippen LogP contribution in [-0.4, -0.2) is 29.2 Å². The molecule has 4 aliphatic carbocycles. The van der Waals surface area contributed by atoms with Crippen LogP contribution in [0.3, 0.4) is 0 Å². The Balaban J connectivity index is 1.26. The van der Waals surface area contributed by atoms with Crippen molar-refractivity contribution in [2.75, 3.05) is 6.54 Å². The normalized spacial score (nSPS) is 35.3. The monoisotopic (exact) mass is 365 g/mol. The van der Waals surface area contributed by atoms with Crippen LogP contribution in [0.1, 0.15) is 24.0 Å². The maximum absolute atomic E-state index is 12.9. The Morgan fingerprint density at radius 1 is 1.04 bits per heavy atom. The van der Waals surface area contributed by atoms with E-state index in [0.29, 0.717) is 17.6 Å². The van der Waals surface area contributed by atoms with Crippen LogP contribution >= 0.6 is 0 Å². The second kappa shape index (κ2) is 5.78. The number of rotatable bonds is 4. The van der Waals surface area contributed by atoms with Gasteiger partial charge >= 0.3 is 5.97 Å². The SMILES string of the molecule is Cc1cccc(C)c1OC(=O)CCN1C(=O)[C@H]2[C@@H]3C=C[C@@H]([C@H]4C[C@H]34)[C@@H]2C1=O. The number of ether oxygens (including phenoxy) is 1. The molecule has 0 N–H and O–H groups in total. The summed E-state index contributed by atoms with van der Waals surface area (Å²) in [6, 6.07) is 5.70. The van der Waals surface area contributed by atoms with E-state index < -0.39 is 5.97 Å². The number of hydrogen-bond acceptors (Lipinski definition) is 4. The number of amides is 2. The Morgan fingerprint density at radius 2 is 1.59 bits per heavy atom. The van der Waals surface area contributed by atoms with E-state index in [4.69, 9.17) is 4.74 Å². The van der Waals surface area contributed by atoms with Crippen molar-refractivity contribution in [1.82, 2.24) is 4.90 Å². The molecule has 1 aromatic carbocycles. The van der Waals surface area contributed by atoms with Crippen LogP contribution in [0.2, 0.25) is 0 Å². The first-order valence-electron chi connectivity index (χ1n) is 9.78. The van der Waals surface area contributed by atoms with Gasteiger partial charge in [-0.1, -0.05) is 30.4 Å². The van der Waals surface area contributed by atoms with E-state index in [0.717, 1.165) is 17.5 Å². The van der Waals surface area contributed by atoms with E-state index in [1.807, 2.05) is 32.0 Å². The smallest absolute Gasteiger partial charge is 0.313 e. The summed E-state index contributed by atoms with van der Waals surface area (Å²) in [6.45, 7) is 3.90. The molecule has 27 heavy (non-hydrogen) atoms. The summed E-state index contributed by atoms with van der Waals surface area (Å²) in [5.41, 5.74) is 1.79. The second-order valence-electron chi connectivity index (χ2n) is 8.43. The molecular formula is C22H23NO4. The number of carbonyl (C=O) groups excluding carboxylic acids is 3. The number of aryl methyl sites for hydroxylation is 2. The molecule has 0 unspecified atom stereocenters. The van der Waals surface area contributed by atoms with Crippen molar-refractivity contribution in [1.29, 1.82) is 0 Å². The fourth-order valence-corrected chi connectivity index (χ4v) is 5.57. The van der Waals surface area contributed by atoms with Gasteiger partial charge in [0, 0.05) is 6.54 Å². The summed E-state index contributed by atoms with van der Waals surface area (Å²) in [5, 5.41) is 0. The van der Waals surface area contributed by atoms with Crippen LogP contribution in [0.5, 0.6) is 5.75 Å². The zero-order valence-electron chi connectivity index (χ0n) is 15.6. The average molecular weight is 365 g/mol. The molecule has 5 heteroatoms. The standard InChI is InChI=1S/C22H23NO4/c1-11-4-3-5-12(2)20(11)27-17(24)8-9-23-21(25)18-13-6-7-14(16-10-15(13)16)19(18)22(23)26/h3-7,13-16,18-19H,8-10H2,1-2H3/t13-,14+,15-,16-,18+,19+/m1/s1. The summed E-state index contributed by atoms with van der Waals surface area (Å²) < 4.78 is 5.50.